The maximum Gasteiger partial charge on any atom is 0.249 e. The zero-order valence-electron chi connectivity index (χ0n) is 18.0. The summed E-state index contributed by atoms with van der Waals surface area (Å²) in [6.07, 6.45) is 1.15. The van der Waals surface area contributed by atoms with Gasteiger partial charge in [0.25, 0.3) is 0 Å². The van der Waals surface area contributed by atoms with Gasteiger partial charge in [-0.25, -0.2) is 0 Å². The highest BCUT2D eigenvalue weighted by Crippen LogP contribution is 2.28. The van der Waals surface area contributed by atoms with Gasteiger partial charge in [-0.2, -0.15) is 0 Å². The minimum atomic E-state index is 0.162. The molecule has 0 spiro atoms. The molecule has 0 unspecified atom stereocenters. The molecular formula is C23H29N5O2. The van der Waals surface area contributed by atoms with Crippen LogP contribution >= 0.6 is 0 Å². The van der Waals surface area contributed by atoms with Crippen molar-refractivity contribution in [2.75, 3.05) is 32.7 Å². The predicted octanol–water partition coefficient (Wildman–Crippen LogP) is 3.38. The Hall–Kier alpha value is -2.93. The van der Waals surface area contributed by atoms with E-state index in [2.05, 4.69) is 22.0 Å². The summed E-state index contributed by atoms with van der Waals surface area (Å²) < 4.78 is 7.97. The second-order valence-corrected chi connectivity index (χ2v) is 7.87. The van der Waals surface area contributed by atoms with E-state index in [0.717, 1.165) is 61.7 Å². The first-order valence-corrected chi connectivity index (χ1v) is 10.6. The molecule has 1 saturated heterocycles. The molecule has 1 aliphatic heterocycles. The molecule has 0 bridgehead atoms. The van der Waals surface area contributed by atoms with Crippen molar-refractivity contribution < 1.29 is 9.21 Å². The number of carbonyl (C=O) groups is 1. The molecule has 0 radical (unpaired) electrons. The van der Waals surface area contributed by atoms with E-state index < -0.39 is 0 Å². The lowest BCUT2D eigenvalue weighted by molar-refractivity contribution is -0.133. The number of benzene rings is 1. The van der Waals surface area contributed by atoms with Crippen LogP contribution in [-0.2, 0) is 11.3 Å². The van der Waals surface area contributed by atoms with Crippen LogP contribution in [-0.4, -0.2) is 63.2 Å². The number of nitrogens with zero attached hydrogens (tertiary/aromatic N) is 5. The molecule has 0 aliphatic carbocycles. The Bertz CT molecular complexity index is 1000. The maximum atomic E-state index is 12.9. The second-order valence-electron chi connectivity index (χ2n) is 7.87. The summed E-state index contributed by atoms with van der Waals surface area (Å²) in [5.74, 6) is 1.14. The molecule has 4 rings (SSSR count). The molecular weight excluding hydrogens is 378 g/mol. The summed E-state index contributed by atoms with van der Waals surface area (Å²) in [6, 6.07) is 11.7. The van der Waals surface area contributed by atoms with Gasteiger partial charge in [-0.1, -0.05) is 25.1 Å². The first kappa shape index (κ1) is 20.3. The Morgan fingerprint density at radius 1 is 1.03 bits per heavy atom. The van der Waals surface area contributed by atoms with Crippen LogP contribution in [0.5, 0.6) is 0 Å². The highest BCUT2D eigenvalue weighted by atomic mass is 16.4. The van der Waals surface area contributed by atoms with E-state index in [9.17, 15) is 4.79 Å². The first-order chi connectivity index (χ1) is 14.6. The van der Waals surface area contributed by atoms with Crippen molar-refractivity contribution in [3.05, 3.63) is 47.8 Å². The zero-order valence-corrected chi connectivity index (χ0v) is 18.0. The van der Waals surface area contributed by atoms with E-state index in [-0.39, 0.29) is 5.91 Å². The van der Waals surface area contributed by atoms with Crippen LogP contribution in [0.25, 0.3) is 22.9 Å². The van der Waals surface area contributed by atoms with Crippen molar-refractivity contribution in [1.29, 1.82) is 0 Å². The Balaban J connectivity index is 1.48. The molecule has 0 atom stereocenters. The summed E-state index contributed by atoms with van der Waals surface area (Å²) in [6.45, 7) is 11.2. The highest BCUT2D eigenvalue weighted by Gasteiger charge is 2.23. The third-order valence-electron chi connectivity index (χ3n) is 5.81. The first-order valence-electron chi connectivity index (χ1n) is 10.6. The summed E-state index contributed by atoms with van der Waals surface area (Å²) in [5, 5.41) is 8.44. The summed E-state index contributed by atoms with van der Waals surface area (Å²) in [4.78, 5) is 17.3. The highest BCUT2D eigenvalue weighted by molar-refractivity contribution is 5.77. The van der Waals surface area contributed by atoms with Gasteiger partial charge in [0.05, 0.1) is 5.56 Å². The van der Waals surface area contributed by atoms with Crippen LogP contribution in [0.15, 0.2) is 40.8 Å². The zero-order chi connectivity index (χ0) is 21.1. The van der Waals surface area contributed by atoms with E-state index in [1.165, 1.54) is 0 Å². The number of piperazine rings is 1. The normalized spacial score (nSPS) is 15.0. The van der Waals surface area contributed by atoms with Crippen molar-refractivity contribution >= 4 is 5.91 Å². The van der Waals surface area contributed by atoms with Crippen LogP contribution in [0.3, 0.4) is 0 Å². The maximum absolute atomic E-state index is 12.9. The van der Waals surface area contributed by atoms with E-state index >= 15 is 0 Å². The Kier molecular flexibility index (Phi) is 5.99. The van der Waals surface area contributed by atoms with Crippen LogP contribution < -0.4 is 0 Å². The molecule has 1 amide bonds. The minimum absolute atomic E-state index is 0.162. The Morgan fingerprint density at radius 3 is 2.43 bits per heavy atom. The van der Waals surface area contributed by atoms with Crippen LogP contribution in [0.4, 0.5) is 0 Å². The molecule has 1 aromatic carbocycles. The number of hydrogen-bond acceptors (Lipinski definition) is 5. The van der Waals surface area contributed by atoms with Gasteiger partial charge in [-0.05, 0) is 45.0 Å². The summed E-state index contributed by atoms with van der Waals surface area (Å²) in [7, 11) is 0. The third kappa shape index (κ3) is 4.16. The van der Waals surface area contributed by atoms with Crippen LogP contribution in [0.1, 0.15) is 24.7 Å². The fourth-order valence-corrected chi connectivity index (χ4v) is 4.06. The van der Waals surface area contributed by atoms with Crippen molar-refractivity contribution in [2.24, 2.45) is 0 Å². The van der Waals surface area contributed by atoms with Gasteiger partial charge in [0.1, 0.15) is 6.54 Å². The summed E-state index contributed by atoms with van der Waals surface area (Å²) in [5.41, 5.74) is 3.75. The average molecular weight is 408 g/mol. The predicted molar refractivity (Wildman–Crippen MR) is 116 cm³/mol. The lowest BCUT2D eigenvalue weighted by atomic mass is 10.2. The lowest BCUT2D eigenvalue weighted by Crippen LogP contribution is -2.49. The number of rotatable bonds is 6. The van der Waals surface area contributed by atoms with E-state index in [1.54, 1.807) is 0 Å². The molecule has 0 N–H and O–H groups in total. The van der Waals surface area contributed by atoms with Crippen LogP contribution in [0.2, 0.25) is 0 Å². The third-order valence-corrected chi connectivity index (χ3v) is 5.81. The minimum Gasteiger partial charge on any atom is -0.416 e. The topological polar surface area (TPSA) is 67.4 Å². The average Bonchev–Trinajstić information content (AvgIpc) is 3.36. The number of aryl methyl sites for hydroxylation is 1. The van der Waals surface area contributed by atoms with Gasteiger partial charge in [0, 0.05) is 43.1 Å². The molecule has 0 saturated carbocycles. The summed E-state index contributed by atoms with van der Waals surface area (Å²) >= 11 is 0. The molecule has 1 fully saturated rings. The standard InChI is InChI=1S/C23H29N5O2/c1-4-10-26-11-13-27(14-12-26)21(29)16-28-17(2)15-20(18(28)3)23-25-24-22(30-23)19-8-6-5-7-9-19/h5-9,15H,4,10-14,16H2,1-3H3. The molecule has 3 heterocycles. The van der Waals surface area contributed by atoms with Gasteiger partial charge < -0.3 is 13.9 Å². The quantitative estimate of drug-likeness (QED) is 0.627. The lowest BCUT2D eigenvalue weighted by Gasteiger charge is -2.34. The smallest absolute Gasteiger partial charge is 0.249 e. The number of amides is 1. The van der Waals surface area contributed by atoms with E-state index in [4.69, 9.17) is 4.42 Å². The molecule has 7 heteroatoms. The molecule has 3 aromatic rings. The number of aromatic nitrogens is 3. The van der Waals surface area contributed by atoms with Gasteiger partial charge in [0.15, 0.2) is 0 Å². The number of hydrogen-bond donors (Lipinski definition) is 0. The van der Waals surface area contributed by atoms with Crippen molar-refractivity contribution in [1.82, 2.24) is 24.6 Å². The Labute approximate surface area is 177 Å². The monoisotopic (exact) mass is 407 g/mol. The van der Waals surface area contributed by atoms with Crippen molar-refractivity contribution in [2.45, 2.75) is 33.7 Å². The fourth-order valence-electron chi connectivity index (χ4n) is 4.06. The van der Waals surface area contributed by atoms with Crippen molar-refractivity contribution in [3.8, 4) is 22.9 Å². The molecule has 7 nitrogen and oxygen atoms in total. The van der Waals surface area contributed by atoms with Gasteiger partial charge in [-0.15, -0.1) is 10.2 Å². The number of carbonyl (C=O) groups excluding carboxylic acids is 1. The molecule has 30 heavy (non-hydrogen) atoms. The molecule has 1 aliphatic rings. The molecule has 158 valence electrons. The van der Waals surface area contributed by atoms with E-state index in [1.807, 2.05) is 59.7 Å². The molecule has 2 aromatic heterocycles. The van der Waals surface area contributed by atoms with E-state index in [0.29, 0.717) is 18.3 Å². The largest absolute Gasteiger partial charge is 0.416 e. The van der Waals surface area contributed by atoms with Gasteiger partial charge in [-0.3, -0.25) is 9.69 Å². The van der Waals surface area contributed by atoms with Gasteiger partial charge in [0.2, 0.25) is 17.7 Å². The van der Waals surface area contributed by atoms with Gasteiger partial charge >= 0.3 is 0 Å². The fraction of sp³-hybridized carbons (Fsp3) is 0.435. The van der Waals surface area contributed by atoms with Crippen molar-refractivity contribution in [3.63, 3.8) is 0 Å². The Morgan fingerprint density at radius 2 is 1.73 bits per heavy atom. The SMILES string of the molecule is CCCN1CCN(C(=O)Cn2c(C)cc(-c3nnc(-c4ccccc4)o3)c2C)CC1. The van der Waals surface area contributed by atoms with Crippen LogP contribution in [0, 0.1) is 13.8 Å². The second kappa shape index (κ2) is 8.83.